The maximum atomic E-state index is 12.6. The van der Waals surface area contributed by atoms with Gasteiger partial charge in [0.05, 0.1) is 18.9 Å². The highest BCUT2D eigenvalue weighted by atomic mass is 16.5. The van der Waals surface area contributed by atoms with Crippen molar-refractivity contribution < 1.29 is 19.1 Å². The van der Waals surface area contributed by atoms with Crippen molar-refractivity contribution in [2.24, 2.45) is 0 Å². The molecule has 1 atom stereocenters. The van der Waals surface area contributed by atoms with E-state index >= 15 is 0 Å². The van der Waals surface area contributed by atoms with Gasteiger partial charge in [-0.25, -0.2) is 9.69 Å². The summed E-state index contributed by atoms with van der Waals surface area (Å²) < 4.78 is 11.2. The molecule has 1 heterocycles. The molecule has 0 bridgehead atoms. The minimum absolute atomic E-state index is 0.0678. The summed E-state index contributed by atoms with van der Waals surface area (Å²) in [7, 11) is 1.56. The van der Waals surface area contributed by atoms with Crippen LogP contribution in [0.1, 0.15) is 25.8 Å². The summed E-state index contributed by atoms with van der Waals surface area (Å²) >= 11 is 0. The Kier molecular flexibility index (Phi) is 5.45. The van der Waals surface area contributed by atoms with E-state index in [0.29, 0.717) is 17.2 Å². The largest absolute Gasteiger partial charge is 0.493 e. The van der Waals surface area contributed by atoms with E-state index in [1.807, 2.05) is 26.0 Å². The highest BCUT2D eigenvalue weighted by molar-refractivity contribution is 6.28. The van der Waals surface area contributed by atoms with E-state index in [2.05, 4.69) is 5.32 Å². The Labute approximate surface area is 158 Å². The second kappa shape index (κ2) is 7.95. The lowest BCUT2D eigenvalue weighted by Gasteiger charge is -2.15. The van der Waals surface area contributed by atoms with Crippen LogP contribution in [0.2, 0.25) is 0 Å². The van der Waals surface area contributed by atoms with Gasteiger partial charge in [-0.05, 0) is 49.2 Å². The second-order valence-corrected chi connectivity index (χ2v) is 6.21. The molecule has 27 heavy (non-hydrogen) atoms. The van der Waals surface area contributed by atoms with Crippen LogP contribution in [0.5, 0.6) is 11.5 Å². The molecule has 2 aromatic rings. The average molecular weight is 366 g/mol. The van der Waals surface area contributed by atoms with Crippen LogP contribution in [0.4, 0.5) is 10.5 Å². The molecule has 0 aromatic heterocycles. The highest BCUT2D eigenvalue weighted by Gasteiger charge is 2.34. The predicted octanol–water partition coefficient (Wildman–Crippen LogP) is 3.97. The van der Waals surface area contributed by atoms with E-state index < -0.39 is 11.9 Å². The number of carbonyl (C=O) groups is 2. The average Bonchev–Trinajstić information content (AvgIpc) is 2.96. The van der Waals surface area contributed by atoms with Crippen LogP contribution in [0.25, 0.3) is 6.08 Å². The summed E-state index contributed by atoms with van der Waals surface area (Å²) in [5.41, 5.74) is 1.46. The minimum Gasteiger partial charge on any atom is -0.493 e. The minimum atomic E-state index is -0.471. The molecule has 0 spiro atoms. The van der Waals surface area contributed by atoms with Gasteiger partial charge in [-0.2, -0.15) is 0 Å². The number of methoxy groups -OCH3 is 1. The van der Waals surface area contributed by atoms with E-state index in [-0.39, 0.29) is 11.8 Å². The predicted molar refractivity (Wildman–Crippen MR) is 104 cm³/mol. The van der Waals surface area contributed by atoms with Crippen LogP contribution < -0.4 is 19.7 Å². The zero-order valence-electron chi connectivity index (χ0n) is 15.6. The summed E-state index contributed by atoms with van der Waals surface area (Å²) in [5, 5.41) is 2.62. The highest BCUT2D eigenvalue weighted by Crippen LogP contribution is 2.30. The molecule has 0 radical (unpaired) electrons. The number of benzene rings is 2. The van der Waals surface area contributed by atoms with Gasteiger partial charge in [0.15, 0.2) is 11.5 Å². The van der Waals surface area contributed by atoms with E-state index in [4.69, 9.17) is 9.47 Å². The Morgan fingerprint density at radius 2 is 1.85 bits per heavy atom. The third kappa shape index (κ3) is 3.95. The number of amides is 3. The lowest BCUT2D eigenvalue weighted by atomic mass is 10.1. The number of imide groups is 1. The third-order valence-electron chi connectivity index (χ3n) is 4.29. The summed E-state index contributed by atoms with van der Waals surface area (Å²) in [6.07, 6.45) is 2.57. The molecule has 140 valence electrons. The zero-order chi connectivity index (χ0) is 19.4. The molecule has 1 N–H and O–H groups in total. The van der Waals surface area contributed by atoms with Crippen molar-refractivity contribution in [2.75, 3.05) is 12.0 Å². The molecular weight excluding hydrogens is 344 g/mol. The number of para-hydroxylation sites is 1. The second-order valence-electron chi connectivity index (χ2n) is 6.21. The number of carbonyl (C=O) groups excluding carboxylic acids is 2. The first kappa shape index (κ1) is 18.5. The van der Waals surface area contributed by atoms with Crippen LogP contribution in [-0.2, 0) is 4.79 Å². The molecule has 0 aliphatic carbocycles. The first-order valence-electron chi connectivity index (χ1n) is 8.80. The SMILES string of the molecule is CCC(C)Oc1ccc(/C=C2/NC(=O)N(c3ccccc3)C2=O)cc1OC. The lowest BCUT2D eigenvalue weighted by Crippen LogP contribution is -2.30. The molecule has 6 heteroatoms. The first-order valence-corrected chi connectivity index (χ1v) is 8.80. The summed E-state index contributed by atoms with van der Waals surface area (Å²) in [4.78, 5) is 26.0. The van der Waals surface area contributed by atoms with Gasteiger partial charge in [-0.15, -0.1) is 0 Å². The van der Waals surface area contributed by atoms with Crippen molar-refractivity contribution in [3.63, 3.8) is 0 Å². The monoisotopic (exact) mass is 366 g/mol. The van der Waals surface area contributed by atoms with Gasteiger partial charge in [-0.3, -0.25) is 4.79 Å². The molecule has 1 aliphatic heterocycles. The van der Waals surface area contributed by atoms with Gasteiger partial charge in [0, 0.05) is 0 Å². The molecule has 1 saturated heterocycles. The summed E-state index contributed by atoms with van der Waals surface area (Å²) in [5.74, 6) is 0.813. The van der Waals surface area contributed by atoms with Crippen LogP contribution in [0, 0.1) is 0 Å². The molecule has 1 fully saturated rings. The normalized spacial score (nSPS) is 16.4. The smallest absolute Gasteiger partial charge is 0.333 e. The fourth-order valence-electron chi connectivity index (χ4n) is 2.68. The van der Waals surface area contributed by atoms with E-state index in [0.717, 1.165) is 16.9 Å². The van der Waals surface area contributed by atoms with Crippen LogP contribution in [-0.4, -0.2) is 25.2 Å². The number of ether oxygens (including phenoxy) is 2. The molecule has 3 rings (SSSR count). The lowest BCUT2D eigenvalue weighted by molar-refractivity contribution is -0.113. The number of nitrogens with zero attached hydrogens (tertiary/aromatic N) is 1. The zero-order valence-corrected chi connectivity index (χ0v) is 15.6. The number of rotatable bonds is 6. The molecule has 0 saturated carbocycles. The Morgan fingerprint density at radius 3 is 2.52 bits per heavy atom. The van der Waals surface area contributed by atoms with E-state index in [9.17, 15) is 9.59 Å². The van der Waals surface area contributed by atoms with Crippen molar-refractivity contribution in [1.82, 2.24) is 5.32 Å². The van der Waals surface area contributed by atoms with Crippen LogP contribution in [0.3, 0.4) is 0 Å². The third-order valence-corrected chi connectivity index (χ3v) is 4.29. The summed E-state index contributed by atoms with van der Waals surface area (Å²) in [6, 6.07) is 13.7. The number of hydrogen-bond acceptors (Lipinski definition) is 4. The van der Waals surface area contributed by atoms with Gasteiger partial charge in [-0.1, -0.05) is 31.2 Å². The molecule has 1 unspecified atom stereocenters. The van der Waals surface area contributed by atoms with Gasteiger partial charge < -0.3 is 14.8 Å². The fraction of sp³-hybridized carbons (Fsp3) is 0.238. The van der Waals surface area contributed by atoms with Gasteiger partial charge >= 0.3 is 6.03 Å². The van der Waals surface area contributed by atoms with Gasteiger partial charge in [0.1, 0.15) is 5.70 Å². The molecule has 6 nitrogen and oxygen atoms in total. The number of urea groups is 1. The molecule has 2 aromatic carbocycles. The van der Waals surface area contributed by atoms with E-state index in [1.54, 1.807) is 49.6 Å². The van der Waals surface area contributed by atoms with Crippen molar-refractivity contribution in [3.05, 3.63) is 59.8 Å². The molecule has 3 amide bonds. The Balaban J connectivity index is 1.86. The van der Waals surface area contributed by atoms with Crippen molar-refractivity contribution in [3.8, 4) is 11.5 Å². The topological polar surface area (TPSA) is 67.9 Å². The van der Waals surface area contributed by atoms with Gasteiger partial charge in [0.2, 0.25) is 0 Å². The van der Waals surface area contributed by atoms with Crippen LogP contribution >= 0.6 is 0 Å². The standard InChI is InChI=1S/C21H22N2O4/c1-4-14(2)27-18-11-10-15(13-19(18)26-3)12-17-20(24)23(21(25)22-17)16-8-6-5-7-9-16/h5-14H,4H2,1-3H3,(H,22,25)/b17-12+. The Morgan fingerprint density at radius 1 is 1.11 bits per heavy atom. The molecule has 1 aliphatic rings. The van der Waals surface area contributed by atoms with Crippen molar-refractivity contribution in [2.45, 2.75) is 26.4 Å². The Bertz CT molecular complexity index is 877. The maximum absolute atomic E-state index is 12.6. The number of anilines is 1. The number of nitrogens with one attached hydrogen (secondary N) is 1. The first-order chi connectivity index (χ1) is 13.0. The fourth-order valence-corrected chi connectivity index (χ4v) is 2.68. The number of hydrogen-bond donors (Lipinski definition) is 1. The quantitative estimate of drug-likeness (QED) is 0.620. The van der Waals surface area contributed by atoms with Crippen LogP contribution in [0.15, 0.2) is 54.2 Å². The summed E-state index contributed by atoms with van der Waals surface area (Å²) in [6.45, 7) is 4.03. The van der Waals surface area contributed by atoms with Gasteiger partial charge in [0.25, 0.3) is 5.91 Å². The maximum Gasteiger partial charge on any atom is 0.333 e. The van der Waals surface area contributed by atoms with Crippen molar-refractivity contribution in [1.29, 1.82) is 0 Å². The Hall–Kier alpha value is -3.28. The van der Waals surface area contributed by atoms with E-state index in [1.165, 1.54) is 0 Å². The molecular formula is C21H22N2O4. The van der Waals surface area contributed by atoms with Crippen molar-refractivity contribution >= 4 is 23.7 Å².